The molecule has 2 aromatic rings. The zero-order valence-corrected chi connectivity index (χ0v) is 19.3. The molecule has 0 N–H and O–H groups in total. The maximum absolute atomic E-state index is 12.3. The fraction of sp³-hybridized carbons (Fsp3) is 0.273. The minimum absolute atomic E-state index is 0.120. The van der Waals surface area contributed by atoms with Crippen molar-refractivity contribution in [2.45, 2.75) is 13.3 Å². The molecule has 158 valence electrons. The van der Waals surface area contributed by atoms with Crippen LogP contribution in [0, 0.1) is 6.92 Å². The van der Waals surface area contributed by atoms with Gasteiger partial charge in [-0.2, -0.15) is 0 Å². The molecule has 0 unspecified atom stereocenters. The molecule has 3 rings (SSSR count). The van der Waals surface area contributed by atoms with Crippen molar-refractivity contribution in [3.05, 3.63) is 57.5 Å². The van der Waals surface area contributed by atoms with Gasteiger partial charge in [-0.05, 0) is 42.8 Å². The maximum Gasteiger partial charge on any atom is 0.265 e. The summed E-state index contributed by atoms with van der Waals surface area (Å²) in [5.41, 5.74) is 1.74. The summed E-state index contributed by atoms with van der Waals surface area (Å²) in [6, 6.07) is 11.1. The van der Waals surface area contributed by atoms with Crippen molar-refractivity contribution in [3.8, 4) is 17.2 Å². The third-order valence-electron chi connectivity index (χ3n) is 4.44. The highest BCUT2D eigenvalue weighted by atomic mass is 35.5. The molecule has 30 heavy (non-hydrogen) atoms. The van der Waals surface area contributed by atoms with Gasteiger partial charge in [-0.1, -0.05) is 47.7 Å². The second-order valence-electron chi connectivity index (χ2n) is 6.58. The summed E-state index contributed by atoms with van der Waals surface area (Å²) in [5.74, 6) is 1.84. The van der Waals surface area contributed by atoms with Crippen molar-refractivity contribution < 1.29 is 19.0 Å². The van der Waals surface area contributed by atoms with Gasteiger partial charge < -0.3 is 14.2 Å². The Morgan fingerprint density at radius 2 is 1.97 bits per heavy atom. The smallest absolute Gasteiger partial charge is 0.265 e. The molecule has 1 amide bonds. The Balaban J connectivity index is 1.64. The van der Waals surface area contributed by atoms with Crippen LogP contribution in [0.3, 0.4) is 0 Å². The maximum atomic E-state index is 12.3. The van der Waals surface area contributed by atoms with Gasteiger partial charge in [-0.15, -0.1) is 0 Å². The van der Waals surface area contributed by atoms with Crippen LogP contribution in [0.5, 0.6) is 17.2 Å². The average Bonchev–Trinajstić information content (AvgIpc) is 2.97. The summed E-state index contributed by atoms with van der Waals surface area (Å²) < 4.78 is 17.7. The van der Waals surface area contributed by atoms with E-state index in [0.29, 0.717) is 40.4 Å². The van der Waals surface area contributed by atoms with Crippen molar-refractivity contribution >= 4 is 51.9 Å². The Bertz CT molecular complexity index is 993. The van der Waals surface area contributed by atoms with Crippen LogP contribution in [-0.2, 0) is 4.79 Å². The van der Waals surface area contributed by atoms with E-state index in [0.717, 1.165) is 21.9 Å². The summed E-state index contributed by atoms with van der Waals surface area (Å²) in [5, 5.41) is 0.717. The zero-order chi connectivity index (χ0) is 21.7. The number of hydrogen-bond acceptors (Lipinski definition) is 6. The monoisotopic (exact) mass is 463 g/mol. The summed E-state index contributed by atoms with van der Waals surface area (Å²) in [6.45, 7) is 2.87. The number of aryl methyl sites for hydroxylation is 1. The van der Waals surface area contributed by atoms with Crippen LogP contribution in [-0.4, -0.2) is 42.5 Å². The van der Waals surface area contributed by atoms with Gasteiger partial charge in [0.1, 0.15) is 10.1 Å². The fourth-order valence-electron chi connectivity index (χ4n) is 2.78. The molecule has 1 aliphatic rings. The third kappa shape index (κ3) is 5.28. The number of halogens is 1. The Morgan fingerprint density at radius 3 is 2.63 bits per heavy atom. The van der Waals surface area contributed by atoms with Gasteiger partial charge in [0, 0.05) is 24.1 Å². The molecule has 1 fully saturated rings. The number of amides is 1. The van der Waals surface area contributed by atoms with E-state index in [1.807, 2.05) is 43.3 Å². The van der Waals surface area contributed by atoms with Crippen LogP contribution < -0.4 is 14.2 Å². The first-order valence-electron chi connectivity index (χ1n) is 9.31. The number of carbonyl (C=O) groups excluding carboxylic acids is 1. The van der Waals surface area contributed by atoms with Crippen molar-refractivity contribution in [1.29, 1.82) is 0 Å². The summed E-state index contributed by atoms with van der Waals surface area (Å²) in [4.78, 5) is 14.3. The van der Waals surface area contributed by atoms with Gasteiger partial charge in [0.2, 0.25) is 0 Å². The second-order valence-corrected chi connectivity index (χ2v) is 8.66. The summed E-state index contributed by atoms with van der Waals surface area (Å²) in [7, 11) is 3.26. The van der Waals surface area contributed by atoms with Crippen LogP contribution >= 0.6 is 35.6 Å². The van der Waals surface area contributed by atoms with Gasteiger partial charge in [-0.25, -0.2) is 0 Å². The molecule has 0 bridgehead atoms. The lowest BCUT2D eigenvalue weighted by Crippen LogP contribution is -2.22. The van der Waals surface area contributed by atoms with E-state index in [4.69, 9.17) is 38.0 Å². The van der Waals surface area contributed by atoms with E-state index >= 15 is 0 Å². The van der Waals surface area contributed by atoms with Crippen molar-refractivity contribution in [1.82, 2.24) is 4.90 Å². The molecule has 0 radical (unpaired) electrons. The predicted octanol–water partition coefficient (Wildman–Crippen LogP) is 5.34. The van der Waals surface area contributed by atoms with Crippen LogP contribution in [0.25, 0.3) is 6.08 Å². The van der Waals surface area contributed by atoms with E-state index in [1.54, 1.807) is 20.2 Å². The van der Waals surface area contributed by atoms with Crippen LogP contribution in [0.4, 0.5) is 0 Å². The van der Waals surface area contributed by atoms with E-state index in [9.17, 15) is 4.79 Å². The van der Waals surface area contributed by atoms with Crippen LogP contribution in [0.15, 0.2) is 41.3 Å². The highest BCUT2D eigenvalue weighted by Gasteiger charge is 2.29. The molecular weight excluding hydrogens is 442 g/mol. The number of hydrogen-bond donors (Lipinski definition) is 0. The molecule has 0 atom stereocenters. The van der Waals surface area contributed by atoms with E-state index in [2.05, 4.69) is 0 Å². The molecule has 0 aliphatic carbocycles. The first-order chi connectivity index (χ1) is 14.4. The van der Waals surface area contributed by atoms with Crippen LogP contribution in [0.1, 0.15) is 17.5 Å². The topological polar surface area (TPSA) is 48.0 Å². The molecule has 5 nitrogen and oxygen atoms in total. The Hall–Kier alpha value is -2.22. The number of methoxy groups -OCH3 is 1. The minimum atomic E-state index is -0.120. The van der Waals surface area contributed by atoms with Gasteiger partial charge in [0.15, 0.2) is 11.5 Å². The number of benzene rings is 2. The summed E-state index contributed by atoms with van der Waals surface area (Å²) in [6.07, 6.45) is 2.46. The molecule has 8 heteroatoms. The van der Waals surface area contributed by atoms with Crippen molar-refractivity contribution in [3.63, 3.8) is 0 Å². The Morgan fingerprint density at radius 1 is 1.20 bits per heavy atom. The molecular formula is C22H22ClNO4S2. The number of carbonyl (C=O) groups is 1. The highest BCUT2D eigenvalue weighted by molar-refractivity contribution is 8.26. The summed E-state index contributed by atoms with van der Waals surface area (Å²) >= 11 is 12.5. The molecule has 1 heterocycles. The molecule has 1 saturated heterocycles. The first-order valence-corrected chi connectivity index (χ1v) is 10.9. The second kappa shape index (κ2) is 10.2. The predicted molar refractivity (Wildman–Crippen MR) is 126 cm³/mol. The van der Waals surface area contributed by atoms with E-state index < -0.39 is 0 Å². The quantitative estimate of drug-likeness (QED) is 0.299. The van der Waals surface area contributed by atoms with Gasteiger partial charge in [0.05, 0.1) is 25.2 Å². The van der Waals surface area contributed by atoms with Gasteiger partial charge in [0.25, 0.3) is 5.91 Å². The number of thiocarbonyl (C=S) groups is 1. The standard InChI is InChI=1S/C22H22ClNO4S2/c1-14-12-16(8-9-17(14)23)27-10-5-11-28-20-15(6-4-7-18(20)26-3)13-19-21(25)24(2)22(29)30-19/h4,6-9,12-13H,5,10-11H2,1-3H3/b19-13+. The first kappa shape index (κ1) is 22.5. The van der Waals surface area contributed by atoms with E-state index in [1.165, 1.54) is 16.7 Å². The third-order valence-corrected chi connectivity index (χ3v) is 6.34. The van der Waals surface area contributed by atoms with Crippen molar-refractivity contribution in [2.24, 2.45) is 0 Å². The average molecular weight is 464 g/mol. The number of likely N-dealkylation sites (N-methyl/N-ethyl adjacent to an activating group) is 1. The minimum Gasteiger partial charge on any atom is -0.493 e. The molecule has 0 saturated carbocycles. The van der Waals surface area contributed by atoms with Gasteiger partial charge in [-0.3, -0.25) is 9.69 Å². The highest BCUT2D eigenvalue weighted by Crippen LogP contribution is 2.37. The van der Waals surface area contributed by atoms with Crippen molar-refractivity contribution in [2.75, 3.05) is 27.4 Å². The Labute approximate surface area is 190 Å². The number of thioether (sulfide) groups is 1. The lowest BCUT2D eigenvalue weighted by Gasteiger charge is -2.14. The molecule has 0 aromatic heterocycles. The fourth-order valence-corrected chi connectivity index (χ4v) is 4.07. The lowest BCUT2D eigenvalue weighted by molar-refractivity contribution is -0.121. The lowest BCUT2D eigenvalue weighted by atomic mass is 10.1. The molecule has 1 aliphatic heterocycles. The number of ether oxygens (including phenoxy) is 3. The SMILES string of the molecule is COc1cccc(/C=C2/SC(=S)N(C)C2=O)c1OCCCOc1ccc(Cl)c(C)c1. The number of rotatable bonds is 8. The van der Waals surface area contributed by atoms with Gasteiger partial charge >= 0.3 is 0 Å². The van der Waals surface area contributed by atoms with E-state index in [-0.39, 0.29) is 5.91 Å². The molecule has 0 spiro atoms. The largest absolute Gasteiger partial charge is 0.493 e. The zero-order valence-electron chi connectivity index (χ0n) is 16.9. The molecule has 2 aromatic carbocycles. The number of nitrogens with zero attached hydrogens (tertiary/aromatic N) is 1. The van der Waals surface area contributed by atoms with Crippen LogP contribution in [0.2, 0.25) is 5.02 Å². The number of para-hydroxylation sites is 1. The normalized spacial score (nSPS) is 15.1. The Kier molecular flexibility index (Phi) is 7.64.